The number of piperidine rings is 1. The van der Waals surface area contributed by atoms with Gasteiger partial charge < -0.3 is 10.0 Å². The van der Waals surface area contributed by atoms with E-state index in [9.17, 15) is 9.90 Å². The number of carbonyl (C=O) groups excluding carboxylic acids is 1. The molecule has 0 radical (unpaired) electrons. The van der Waals surface area contributed by atoms with Crippen LogP contribution in [0.3, 0.4) is 0 Å². The monoisotopic (exact) mass is 342 g/mol. The molecule has 1 aliphatic heterocycles. The first kappa shape index (κ1) is 17.0. The number of aliphatic hydroxyl groups is 1. The van der Waals surface area contributed by atoms with Crippen molar-refractivity contribution in [2.45, 2.75) is 35.8 Å². The molecule has 2 atom stereocenters. The highest BCUT2D eigenvalue weighted by Gasteiger charge is 2.28. The molecule has 0 spiro atoms. The summed E-state index contributed by atoms with van der Waals surface area (Å²) in [4.78, 5) is 20.3. The van der Waals surface area contributed by atoms with Crippen LogP contribution >= 0.6 is 11.8 Å². The van der Waals surface area contributed by atoms with E-state index < -0.39 is 0 Å². The molecule has 126 valence electrons. The minimum absolute atomic E-state index is 0.00637. The summed E-state index contributed by atoms with van der Waals surface area (Å²) < 4.78 is 0. The van der Waals surface area contributed by atoms with Crippen molar-refractivity contribution in [1.29, 1.82) is 0 Å². The van der Waals surface area contributed by atoms with Gasteiger partial charge in [0.15, 0.2) is 0 Å². The number of amides is 1. The molecule has 1 amide bonds. The molecule has 2 unspecified atom stereocenters. The third kappa shape index (κ3) is 3.97. The first-order chi connectivity index (χ1) is 11.6. The number of rotatable bonds is 4. The Balaban J connectivity index is 1.80. The molecule has 5 heteroatoms. The number of carbonyl (C=O) groups is 1. The minimum atomic E-state index is -0.382. The predicted octanol–water partition coefficient (Wildman–Crippen LogP) is 3.47. The molecule has 2 heterocycles. The smallest absolute Gasteiger partial charge is 0.256 e. The van der Waals surface area contributed by atoms with Crippen LogP contribution in [-0.4, -0.2) is 40.1 Å². The average Bonchev–Trinajstić information content (AvgIpc) is 2.62. The van der Waals surface area contributed by atoms with E-state index in [1.165, 1.54) is 11.8 Å². The summed E-state index contributed by atoms with van der Waals surface area (Å²) in [5.74, 6) is 0.163. The molecule has 1 aromatic heterocycles. The van der Waals surface area contributed by atoms with Gasteiger partial charge in [0.2, 0.25) is 0 Å². The lowest BCUT2D eigenvalue weighted by molar-refractivity contribution is 0.0463. The quantitative estimate of drug-likeness (QED) is 0.924. The summed E-state index contributed by atoms with van der Waals surface area (Å²) in [7, 11) is 0. The third-order valence-corrected chi connectivity index (χ3v) is 5.41. The Hall–Kier alpha value is -1.85. The van der Waals surface area contributed by atoms with Gasteiger partial charge >= 0.3 is 0 Å². The van der Waals surface area contributed by atoms with Crippen LogP contribution in [0.5, 0.6) is 0 Å². The predicted molar refractivity (Wildman–Crippen MR) is 95.1 cm³/mol. The molecular weight excluding hydrogens is 320 g/mol. The van der Waals surface area contributed by atoms with E-state index in [4.69, 9.17) is 0 Å². The van der Waals surface area contributed by atoms with Crippen LogP contribution in [-0.2, 0) is 0 Å². The summed E-state index contributed by atoms with van der Waals surface area (Å²) in [5, 5.41) is 10.6. The van der Waals surface area contributed by atoms with Gasteiger partial charge in [0, 0.05) is 30.1 Å². The SMILES string of the molecule is CC(O)C1CCCN(C(=O)c2cccnc2Sc2ccccc2)C1. The van der Waals surface area contributed by atoms with Gasteiger partial charge in [-0.1, -0.05) is 30.0 Å². The van der Waals surface area contributed by atoms with Crippen molar-refractivity contribution in [2.24, 2.45) is 5.92 Å². The van der Waals surface area contributed by atoms with Crippen LogP contribution in [0.2, 0.25) is 0 Å². The number of nitrogens with zero attached hydrogens (tertiary/aromatic N) is 2. The van der Waals surface area contributed by atoms with Gasteiger partial charge in [0.05, 0.1) is 11.7 Å². The molecule has 1 saturated heterocycles. The summed E-state index contributed by atoms with van der Waals surface area (Å²) in [6, 6.07) is 13.6. The van der Waals surface area contributed by atoms with E-state index in [0.717, 1.165) is 29.3 Å². The maximum absolute atomic E-state index is 13.0. The Bertz CT molecular complexity index is 691. The zero-order valence-corrected chi connectivity index (χ0v) is 14.6. The van der Waals surface area contributed by atoms with Crippen LogP contribution in [0.25, 0.3) is 0 Å². The minimum Gasteiger partial charge on any atom is -0.393 e. The van der Waals surface area contributed by atoms with Gasteiger partial charge in [0.1, 0.15) is 5.03 Å². The van der Waals surface area contributed by atoms with Gasteiger partial charge in [-0.3, -0.25) is 4.79 Å². The number of hydrogen-bond donors (Lipinski definition) is 1. The lowest BCUT2D eigenvalue weighted by atomic mass is 9.93. The lowest BCUT2D eigenvalue weighted by Crippen LogP contribution is -2.43. The first-order valence-corrected chi connectivity index (χ1v) is 9.12. The topological polar surface area (TPSA) is 53.4 Å². The Morgan fingerprint density at radius 1 is 1.29 bits per heavy atom. The zero-order valence-electron chi connectivity index (χ0n) is 13.8. The molecule has 3 rings (SSSR count). The first-order valence-electron chi connectivity index (χ1n) is 8.30. The number of benzene rings is 1. The maximum atomic E-state index is 13.0. The average molecular weight is 342 g/mol. The Kier molecular flexibility index (Phi) is 5.53. The molecular formula is C19H22N2O2S. The molecule has 1 aliphatic rings. The maximum Gasteiger partial charge on any atom is 0.256 e. The van der Waals surface area contributed by atoms with Crippen LogP contribution in [0, 0.1) is 5.92 Å². The van der Waals surface area contributed by atoms with E-state index in [-0.39, 0.29) is 17.9 Å². The molecule has 1 N–H and O–H groups in total. The van der Waals surface area contributed by atoms with Crippen molar-refractivity contribution in [3.05, 3.63) is 54.2 Å². The summed E-state index contributed by atoms with van der Waals surface area (Å²) in [6.07, 6.45) is 3.24. The van der Waals surface area contributed by atoms with Crippen molar-refractivity contribution in [2.75, 3.05) is 13.1 Å². The van der Waals surface area contributed by atoms with E-state index in [2.05, 4.69) is 4.98 Å². The summed E-state index contributed by atoms with van der Waals surface area (Å²) >= 11 is 1.51. The third-order valence-electron chi connectivity index (χ3n) is 4.39. The second-order valence-electron chi connectivity index (χ2n) is 6.17. The highest BCUT2D eigenvalue weighted by molar-refractivity contribution is 7.99. The Morgan fingerprint density at radius 2 is 2.08 bits per heavy atom. The van der Waals surface area contributed by atoms with Gasteiger partial charge in [-0.25, -0.2) is 4.98 Å². The van der Waals surface area contributed by atoms with Gasteiger partial charge in [-0.2, -0.15) is 0 Å². The number of likely N-dealkylation sites (tertiary alicyclic amines) is 1. The lowest BCUT2D eigenvalue weighted by Gasteiger charge is -2.34. The van der Waals surface area contributed by atoms with Crippen molar-refractivity contribution in [3.8, 4) is 0 Å². The highest BCUT2D eigenvalue weighted by atomic mass is 32.2. The fraction of sp³-hybridized carbons (Fsp3) is 0.368. The highest BCUT2D eigenvalue weighted by Crippen LogP contribution is 2.30. The number of aromatic nitrogens is 1. The van der Waals surface area contributed by atoms with Crippen molar-refractivity contribution < 1.29 is 9.90 Å². The number of pyridine rings is 1. The standard InChI is InChI=1S/C19H22N2O2S/c1-14(22)15-7-6-12-21(13-15)19(23)17-10-5-11-20-18(17)24-16-8-3-2-4-9-16/h2-5,8-11,14-15,22H,6-7,12-13H2,1H3. The molecule has 4 nitrogen and oxygen atoms in total. The molecule has 1 fully saturated rings. The molecule has 24 heavy (non-hydrogen) atoms. The molecule has 0 saturated carbocycles. The van der Waals surface area contributed by atoms with Crippen molar-refractivity contribution >= 4 is 17.7 Å². The van der Waals surface area contributed by atoms with E-state index in [0.29, 0.717) is 12.1 Å². The second-order valence-corrected chi connectivity index (χ2v) is 7.23. The normalized spacial score (nSPS) is 19.1. The van der Waals surface area contributed by atoms with E-state index >= 15 is 0 Å². The van der Waals surface area contributed by atoms with Gasteiger partial charge in [-0.05, 0) is 44.0 Å². The van der Waals surface area contributed by atoms with Gasteiger partial charge in [-0.15, -0.1) is 0 Å². The van der Waals surface area contributed by atoms with E-state index in [1.807, 2.05) is 41.3 Å². The van der Waals surface area contributed by atoms with Crippen LogP contribution < -0.4 is 0 Å². The largest absolute Gasteiger partial charge is 0.393 e. The fourth-order valence-electron chi connectivity index (χ4n) is 2.99. The van der Waals surface area contributed by atoms with Crippen LogP contribution in [0.4, 0.5) is 0 Å². The summed E-state index contributed by atoms with van der Waals surface area (Å²) in [5.41, 5.74) is 0.637. The van der Waals surface area contributed by atoms with Crippen LogP contribution in [0.1, 0.15) is 30.1 Å². The summed E-state index contributed by atoms with van der Waals surface area (Å²) in [6.45, 7) is 3.16. The molecule has 1 aromatic carbocycles. The van der Waals surface area contributed by atoms with Crippen molar-refractivity contribution in [3.63, 3.8) is 0 Å². The Labute approximate surface area is 146 Å². The van der Waals surface area contributed by atoms with Crippen LogP contribution in [0.15, 0.2) is 58.6 Å². The molecule has 0 aliphatic carbocycles. The van der Waals surface area contributed by atoms with E-state index in [1.54, 1.807) is 19.2 Å². The zero-order chi connectivity index (χ0) is 16.9. The number of hydrogen-bond acceptors (Lipinski definition) is 4. The van der Waals surface area contributed by atoms with Crippen molar-refractivity contribution in [1.82, 2.24) is 9.88 Å². The number of aliphatic hydroxyl groups excluding tert-OH is 1. The Morgan fingerprint density at radius 3 is 2.83 bits per heavy atom. The fourth-order valence-corrected chi connectivity index (χ4v) is 3.89. The second kappa shape index (κ2) is 7.81. The molecule has 0 bridgehead atoms. The van der Waals surface area contributed by atoms with Gasteiger partial charge in [0.25, 0.3) is 5.91 Å². The molecule has 2 aromatic rings.